The summed E-state index contributed by atoms with van der Waals surface area (Å²) in [5.74, 6) is -0.138. The number of anilines is 1. The van der Waals surface area contributed by atoms with Gasteiger partial charge in [0.1, 0.15) is 0 Å². The van der Waals surface area contributed by atoms with Crippen LogP contribution in [0.2, 0.25) is 0 Å². The van der Waals surface area contributed by atoms with Gasteiger partial charge in [-0.3, -0.25) is 4.79 Å². The number of amides is 2. The molecule has 1 aromatic rings. The van der Waals surface area contributed by atoms with Crippen molar-refractivity contribution in [3.05, 3.63) is 29.8 Å². The second-order valence-corrected chi connectivity index (χ2v) is 5.14. The van der Waals surface area contributed by atoms with E-state index >= 15 is 0 Å². The van der Waals surface area contributed by atoms with Gasteiger partial charge in [-0.1, -0.05) is 31.4 Å². The van der Waals surface area contributed by atoms with E-state index in [-0.39, 0.29) is 24.4 Å². The molecule has 0 aromatic heterocycles. The third-order valence-electron chi connectivity index (χ3n) is 3.57. The van der Waals surface area contributed by atoms with E-state index < -0.39 is 0 Å². The first-order valence-electron chi connectivity index (χ1n) is 7.10. The zero-order valence-electron chi connectivity index (χ0n) is 11.5. The number of urea groups is 1. The highest BCUT2D eigenvalue weighted by Gasteiger charge is 2.15. The van der Waals surface area contributed by atoms with Crippen molar-refractivity contribution < 1.29 is 9.59 Å². The molecule has 1 aliphatic rings. The molecular formula is C15H21N3O2. The van der Waals surface area contributed by atoms with Gasteiger partial charge in [0.2, 0.25) is 0 Å². The van der Waals surface area contributed by atoms with Crippen LogP contribution < -0.4 is 16.4 Å². The molecule has 1 aliphatic carbocycles. The second kappa shape index (κ2) is 7.05. The molecule has 108 valence electrons. The maximum Gasteiger partial charge on any atom is 0.319 e. The Labute approximate surface area is 118 Å². The Morgan fingerprint density at radius 3 is 2.65 bits per heavy atom. The minimum absolute atomic E-state index is 0.0300. The fourth-order valence-corrected chi connectivity index (χ4v) is 2.49. The summed E-state index contributed by atoms with van der Waals surface area (Å²) in [5, 5.41) is 5.74. The standard InChI is InChI=1S/C15H21N3O2/c16-10-14(19)11-5-4-8-13(9-11)18-15(20)17-12-6-2-1-3-7-12/h4-5,8-9,12H,1-3,6-7,10,16H2,(H2,17,18,20). The van der Waals surface area contributed by atoms with Crippen LogP contribution in [0.3, 0.4) is 0 Å². The van der Waals surface area contributed by atoms with Crippen LogP contribution in [0.5, 0.6) is 0 Å². The summed E-state index contributed by atoms with van der Waals surface area (Å²) in [6.07, 6.45) is 5.68. The SMILES string of the molecule is NCC(=O)c1cccc(NC(=O)NC2CCCCC2)c1. The molecule has 1 saturated carbocycles. The van der Waals surface area contributed by atoms with E-state index in [1.165, 1.54) is 19.3 Å². The predicted octanol–water partition coefficient (Wildman–Crippen LogP) is 2.28. The van der Waals surface area contributed by atoms with Crippen LogP contribution in [0.4, 0.5) is 10.5 Å². The zero-order chi connectivity index (χ0) is 14.4. The van der Waals surface area contributed by atoms with Crippen LogP contribution in [0, 0.1) is 0 Å². The van der Waals surface area contributed by atoms with Gasteiger partial charge in [-0.2, -0.15) is 0 Å². The Balaban J connectivity index is 1.91. The fourth-order valence-electron chi connectivity index (χ4n) is 2.49. The lowest BCUT2D eigenvalue weighted by Crippen LogP contribution is -2.39. The summed E-state index contributed by atoms with van der Waals surface area (Å²) in [6.45, 7) is -0.0300. The summed E-state index contributed by atoms with van der Waals surface area (Å²) in [7, 11) is 0. The number of carbonyl (C=O) groups excluding carboxylic acids is 2. The fraction of sp³-hybridized carbons (Fsp3) is 0.467. The molecule has 2 amide bonds. The Hall–Kier alpha value is -1.88. The van der Waals surface area contributed by atoms with Crippen molar-refractivity contribution in [2.75, 3.05) is 11.9 Å². The van der Waals surface area contributed by atoms with Gasteiger partial charge in [-0.05, 0) is 25.0 Å². The number of hydrogen-bond acceptors (Lipinski definition) is 3. The Kier molecular flexibility index (Phi) is 5.12. The number of carbonyl (C=O) groups is 2. The average molecular weight is 275 g/mol. The molecule has 5 nitrogen and oxygen atoms in total. The smallest absolute Gasteiger partial charge is 0.319 e. The lowest BCUT2D eigenvalue weighted by molar-refractivity contribution is 0.100. The molecule has 0 spiro atoms. The van der Waals surface area contributed by atoms with E-state index in [0.29, 0.717) is 11.3 Å². The number of benzene rings is 1. The zero-order valence-corrected chi connectivity index (χ0v) is 11.5. The van der Waals surface area contributed by atoms with E-state index in [1.807, 2.05) is 0 Å². The van der Waals surface area contributed by atoms with Crippen molar-refractivity contribution in [2.24, 2.45) is 5.73 Å². The highest BCUT2D eigenvalue weighted by Crippen LogP contribution is 2.17. The van der Waals surface area contributed by atoms with Gasteiger partial charge in [0.25, 0.3) is 0 Å². The van der Waals surface area contributed by atoms with E-state index in [0.717, 1.165) is 12.8 Å². The maximum atomic E-state index is 11.9. The van der Waals surface area contributed by atoms with Gasteiger partial charge >= 0.3 is 6.03 Å². The molecule has 5 heteroatoms. The average Bonchev–Trinajstić information content (AvgIpc) is 2.47. The van der Waals surface area contributed by atoms with Crippen LogP contribution in [0.25, 0.3) is 0 Å². The Morgan fingerprint density at radius 2 is 1.95 bits per heavy atom. The van der Waals surface area contributed by atoms with Crippen molar-refractivity contribution in [1.82, 2.24) is 5.32 Å². The number of nitrogens with one attached hydrogen (secondary N) is 2. The number of Topliss-reactive ketones (excluding diaryl/α,β-unsaturated/α-hetero) is 1. The van der Waals surface area contributed by atoms with Crippen molar-refractivity contribution in [3.8, 4) is 0 Å². The van der Waals surface area contributed by atoms with Crippen LogP contribution in [0.15, 0.2) is 24.3 Å². The molecule has 0 heterocycles. The van der Waals surface area contributed by atoms with Crippen LogP contribution >= 0.6 is 0 Å². The van der Waals surface area contributed by atoms with Gasteiger partial charge in [0.15, 0.2) is 5.78 Å². The molecule has 0 radical (unpaired) electrons. The molecule has 0 atom stereocenters. The molecule has 0 bridgehead atoms. The monoisotopic (exact) mass is 275 g/mol. The first-order chi connectivity index (χ1) is 9.69. The molecule has 2 rings (SSSR count). The molecule has 1 fully saturated rings. The van der Waals surface area contributed by atoms with Crippen LogP contribution in [0.1, 0.15) is 42.5 Å². The molecule has 0 aliphatic heterocycles. The van der Waals surface area contributed by atoms with Gasteiger partial charge in [-0.15, -0.1) is 0 Å². The highest BCUT2D eigenvalue weighted by molar-refractivity contribution is 5.99. The minimum Gasteiger partial charge on any atom is -0.335 e. The van der Waals surface area contributed by atoms with Crippen molar-refractivity contribution in [3.63, 3.8) is 0 Å². The lowest BCUT2D eigenvalue weighted by atomic mass is 9.96. The largest absolute Gasteiger partial charge is 0.335 e. The molecule has 4 N–H and O–H groups in total. The molecule has 1 aromatic carbocycles. The summed E-state index contributed by atoms with van der Waals surface area (Å²) in [4.78, 5) is 23.4. The van der Waals surface area contributed by atoms with Crippen LogP contribution in [-0.2, 0) is 0 Å². The predicted molar refractivity (Wildman–Crippen MR) is 78.9 cm³/mol. The van der Waals surface area contributed by atoms with Crippen molar-refractivity contribution in [1.29, 1.82) is 0 Å². The summed E-state index contributed by atoms with van der Waals surface area (Å²) < 4.78 is 0. The topological polar surface area (TPSA) is 84.2 Å². The van der Waals surface area contributed by atoms with Gasteiger partial charge < -0.3 is 16.4 Å². The molecule has 0 saturated heterocycles. The quantitative estimate of drug-likeness (QED) is 0.737. The van der Waals surface area contributed by atoms with Crippen LogP contribution in [-0.4, -0.2) is 24.4 Å². The number of rotatable bonds is 4. The third kappa shape index (κ3) is 4.06. The first-order valence-corrected chi connectivity index (χ1v) is 7.10. The lowest BCUT2D eigenvalue weighted by Gasteiger charge is -2.22. The molecule has 20 heavy (non-hydrogen) atoms. The highest BCUT2D eigenvalue weighted by atomic mass is 16.2. The number of nitrogens with two attached hydrogens (primary N) is 1. The van der Waals surface area contributed by atoms with Gasteiger partial charge in [0, 0.05) is 17.3 Å². The van der Waals surface area contributed by atoms with E-state index in [1.54, 1.807) is 24.3 Å². The summed E-state index contributed by atoms with van der Waals surface area (Å²) >= 11 is 0. The maximum absolute atomic E-state index is 11.9. The Morgan fingerprint density at radius 1 is 1.20 bits per heavy atom. The summed E-state index contributed by atoms with van der Waals surface area (Å²) in [6, 6.07) is 6.88. The summed E-state index contributed by atoms with van der Waals surface area (Å²) in [5.41, 5.74) is 6.46. The Bertz CT molecular complexity index is 482. The van der Waals surface area contributed by atoms with Crippen molar-refractivity contribution >= 4 is 17.5 Å². The normalized spacial score (nSPS) is 15.7. The van der Waals surface area contributed by atoms with E-state index in [9.17, 15) is 9.59 Å². The first kappa shape index (κ1) is 14.5. The molecular weight excluding hydrogens is 254 g/mol. The van der Waals surface area contributed by atoms with Crippen molar-refractivity contribution in [2.45, 2.75) is 38.1 Å². The van der Waals surface area contributed by atoms with Gasteiger partial charge in [0.05, 0.1) is 6.54 Å². The third-order valence-corrected chi connectivity index (χ3v) is 3.57. The molecule has 0 unspecified atom stereocenters. The number of hydrogen-bond donors (Lipinski definition) is 3. The van der Waals surface area contributed by atoms with Gasteiger partial charge in [-0.25, -0.2) is 4.79 Å². The van der Waals surface area contributed by atoms with E-state index in [4.69, 9.17) is 5.73 Å². The van der Waals surface area contributed by atoms with E-state index in [2.05, 4.69) is 10.6 Å². The number of ketones is 1. The second-order valence-electron chi connectivity index (χ2n) is 5.14. The minimum atomic E-state index is -0.214.